The molecule has 1 aromatic rings. The van der Waals surface area contributed by atoms with E-state index in [2.05, 4.69) is 10.4 Å². The van der Waals surface area contributed by atoms with Crippen LogP contribution in [0, 0.1) is 9.81 Å². The number of nitroso groups, excluding NO2 is 2. The Hall–Kier alpha value is -1.000. The molecule has 0 saturated heterocycles. The van der Waals surface area contributed by atoms with Gasteiger partial charge in [0.25, 0.3) is 0 Å². The number of halogens is 2. The lowest BCUT2D eigenvalue weighted by Gasteiger charge is -2.05. The van der Waals surface area contributed by atoms with E-state index < -0.39 is 6.04 Å². The van der Waals surface area contributed by atoms with Gasteiger partial charge in [0.2, 0.25) is 0 Å². The zero-order chi connectivity index (χ0) is 10.6. The average molecular weight is 233 g/mol. The van der Waals surface area contributed by atoms with Crippen LogP contribution in [0.3, 0.4) is 0 Å². The van der Waals surface area contributed by atoms with E-state index >= 15 is 0 Å². The van der Waals surface area contributed by atoms with Crippen LogP contribution in [0.15, 0.2) is 28.6 Å². The Balaban J connectivity index is 3.02. The van der Waals surface area contributed by atoms with Crippen LogP contribution in [0.5, 0.6) is 0 Å². The molecule has 4 nitrogen and oxygen atoms in total. The molecule has 0 aliphatic rings. The van der Waals surface area contributed by atoms with Gasteiger partial charge in [0.1, 0.15) is 12.6 Å². The summed E-state index contributed by atoms with van der Waals surface area (Å²) in [5.41, 5.74) is 0.497. The Morgan fingerprint density at radius 3 is 2.14 bits per heavy atom. The van der Waals surface area contributed by atoms with Crippen molar-refractivity contribution < 1.29 is 0 Å². The highest BCUT2D eigenvalue weighted by molar-refractivity contribution is 6.34. The van der Waals surface area contributed by atoms with Crippen LogP contribution >= 0.6 is 23.2 Å². The first-order valence-electron chi connectivity index (χ1n) is 3.75. The van der Waals surface area contributed by atoms with E-state index in [1.165, 1.54) is 18.2 Å². The molecule has 0 spiro atoms. The minimum absolute atomic E-state index is 0.208. The SMILES string of the molecule is O=NCC(N=O)c1cc(Cl)cc(Cl)c1. The first-order valence-corrected chi connectivity index (χ1v) is 4.50. The molecule has 0 aromatic heterocycles. The molecule has 14 heavy (non-hydrogen) atoms. The smallest absolute Gasteiger partial charge is 0.140 e. The van der Waals surface area contributed by atoms with Crippen molar-refractivity contribution in [1.29, 1.82) is 0 Å². The van der Waals surface area contributed by atoms with Crippen molar-refractivity contribution in [3.8, 4) is 0 Å². The molecule has 0 amide bonds. The van der Waals surface area contributed by atoms with E-state index in [1.54, 1.807) is 0 Å². The van der Waals surface area contributed by atoms with Crippen LogP contribution in [-0.4, -0.2) is 6.54 Å². The summed E-state index contributed by atoms with van der Waals surface area (Å²) in [6, 6.07) is 3.78. The number of rotatable bonds is 4. The number of benzene rings is 1. The van der Waals surface area contributed by atoms with E-state index in [0.717, 1.165) is 0 Å². The van der Waals surface area contributed by atoms with Crippen LogP contribution in [0.2, 0.25) is 10.0 Å². The van der Waals surface area contributed by atoms with Crippen LogP contribution in [0.4, 0.5) is 0 Å². The fourth-order valence-electron chi connectivity index (χ4n) is 1.04. The van der Waals surface area contributed by atoms with E-state index in [-0.39, 0.29) is 6.54 Å². The fraction of sp³-hybridized carbons (Fsp3) is 0.250. The Morgan fingerprint density at radius 2 is 1.71 bits per heavy atom. The lowest BCUT2D eigenvalue weighted by Crippen LogP contribution is -1.98. The first-order chi connectivity index (χ1) is 6.67. The molecule has 0 radical (unpaired) electrons. The maximum absolute atomic E-state index is 10.4. The second-order valence-electron chi connectivity index (χ2n) is 2.64. The lowest BCUT2D eigenvalue weighted by molar-refractivity contribution is 0.731. The van der Waals surface area contributed by atoms with E-state index in [1.807, 2.05) is 0 Å². The summed E-state index contributed by atoms with van der Waals surface area (Å²) in [6.07, 6.45) is 0. The third-order valence-electron chi connectivity index (χ3n) is 1.64. The van der Waals surface area contributed by atoms with E-state index in [0.29, 0.717) is 15.6 Å². The minimum atomic E-state index is -0.816. The molecular formula is C8H6Cl2N2O2. The Morgan fingerprint density at radius 1 is 1.14 bits per heavy atom. The van der Waals surface area contributed by atoms with Crippen LogP contribution < -0.4 is 0 Å². The monoisotopic (exact) mass is 232 g/mol. The highest BCUT2D eigenvalue weighted by atomic mass is 35.5. The summed E-state index contributed by atoms with van der Waals surface area (Å²) >= 11 is 11.4. The van der Waals surface area contributed by atoms with E-state index in [4.69, 9.17) is 23.2 Å². The van der Waals surface area contributed by atoms with Gasteiger partial charge in [-0.15, -0.1) is 0 Å². The van der Waals surface area contributed by atoms with Crippen molar-refractivity contribution >= 4 is 23.2 Å². The normalized spacial score (nSPS) is 12.1. The molecule has 6 heteroatoms. The van der Waals surface area contributed by atoms with Gasteiger partial charge in [-0.25, -0.2) is 0 Å². The summed E-state index contributed by atoms with van der Waals surface area (Å²) in [7, 11) is 0. The second kappa shape index (κ2) is 5.02. The molecule has 0 N–H and O–H groups in total. The molecule has 0 bridgehead atoms. The lowest BCUT2D eigenvalue weighted by atomic mass is 10.1. The van der Waals surface area contributed by atoms with Gasteiger partial charge in [0.15, 0.2) is 0 Å². The van der Waals surface area contributed by atoms with Crippen molar-refractivity contribution in [3.63, 3.8) is 0 Å². The summed E-state index contributed by atoms with van der Waals surface area (Å²) in [5, 5.41) is 6.17. The molecule has 1 aromatic carbocycles. The summed E-state index contributed by atoms with van der Waals surface area (Å²) in [4.78, 5) is 20.4. The molecule has 0 aliphatic carbocycles. The first kappa shape index (κ1) is 11.1. The number of hydrogen-bond donors (Lipinski definition) is 0. The van der Waals surface area contributed by atoms with Crippen molar-refractivity contribution in [2.45, 2.75) is 6.04 Å². The van der Waals surface area contributed by atoms with Crippen molar-refractivity contribution in [1.82, 2.24) is 0 Å². The number of hydrogen-bond acceptors (Lipinski definition) is 4. The Kier molecular flexibility index (Phi) is 3.98. The van der Waals surface area contributed by atoms with Crippen LogP contribution in [0.25, 0.3) is 0 Å². The Labute approximate surface area is 90.2 Å². The second-order valence-corrected chi connectivity index (χ2v) is 3.51. The highest BCUT2D eigenvalue weighted by Crippen LogP contribution is 2.25. The van der Waals surface area contributed by atoms with Gasteiger partial charge in [-0.2, -0.15) is 9.81 Å². The highest BCUT2D eigenvalue weighted by Gasteiger charge is 2.13. The zero-order valence-corrected chi connectivity index (χ0v) is 8.50. The van der Waals surface area contributed by atoms with Crippen molar-refractivity contribution in [2.24, 2.45) is 10.4 Å². The summed E-state index contributed by atoms with van der Waals surface area (Å²) in [6.45, 7) is -0.208. The molecular weight excluding hydrogens is 227 g/mol. The molecule has 1 rings (SSSR count). The third-order valence-corrected chi connectivity index (χ3v) is 2.08. The third kappa shape index (κ3) is 2.75. The summed E-state index contributed by atoms with van der Waals surface area (Å²) in [5.74, 6) is 0. The molecule has 1 unspecified atom stereocenters. The number of nitrogens with zero attached hydrogens (tertiary/aromatic N) is 2. The molecule has 0 fully saturated rings. The predicted molar refractivity (Wildman–Crippen MR) is 55.7 cm³/mol. The van der Waals surface area contributed by atoms with Gasteiger partial charge >= 0.3 is 0 Å². The molecule has 74 valence electrons. The zero-order valence-electron chi connectivity index (χ0n) is 6.98. The fourth-order valence-corrected chi connectivity index (χ4v) is 1.58. The minimum Gasteiger partial charge on any atom is -0.151 e. The predicted octanol–water partition coefficient (Wildman–Crippen LogP) is 3.57. The van der Waals surface area contributed by atoms with Gasteiger partial charge in [-0.3, -0.25) is 0 Å². The largest absolute Gasteiger partial charge is 0.151 e. The van der Waals surface area contributed by atoms with Gasteiger partial charge in [-0.1, -0.05) is 33.6 Å². The van der Waals surface area contributed by atoms with E-state index in [9.17, 15) is 9.81 Å². The molecule has 1 atom stereocenters. The van der Waals surface area contributed by atoms with Gasteiger partial charge in [0, 0.05) is 10.0 Å². The molecule has 0 heterocycles. The molecule has 0 saturated carbocycles. The topological polar surface area (TPSA) is 58.9 Å². The van der Waals surface area contributed by atoms with Gasteiger partial charge < -0.3 is 0 Å². The maximum Gasteiger partial charge on any atom is 0.140 e. The van der Waals surface area contributed by atoms with Crippen molar-refractivity contribution in [2.75, 3.05) is 6.54 Å². The van der Waals surface area contributed by atoms with Crippen molar-refractivity contribution in [3.05, 3.63) is 43.6 Å². The maximum atomic E-state index is 10.4. The van der Waals surface area contributed by atoms with Gasteiger partial charge in [0.05, 0.1) is 0 Å². The quantitative estimate of drug-likeness (QED) is 0.746. The summed E-state index contributed by atoms with van der Waals surface area (Å²) < 4.78 is 0. The van der Waals surface area contributed by atoms with Gasteiger partial charge in [-0.05, 0) is 23.8 Å². The van der Waals surface area contributed by atoms with Crippen LogP contribution in [0.1, 0.15) is 11.6 Å². The average Bonchev–Trinajstić information content (AvgIpc) is 2.12. The standard InChI is InChI=1S/C8H6Cl2N2O2/c9-6-1-5(2-7(10)3-6)8(12-14)4-11-13/h1-3,8H,4H2. The van der Waals surface area contributed by atoms with Crippen LogP contribution in [-0.2, 0) is 0 Å². The molecule has 0 aliphatic heterocycles. The Bertz CT molecular complexity index is 337.